The third-order valence-electron chi connectivity index (χ3n) is 4.89. The SMILES string of the molecule is CCOC(=O)C1=C(N)Oc2[nH]c(=O)[nH]c(=O)c2C12C(=O)N(C)c1ccccc12. The van der Waals surface area contributed by atoms with Crippen LogP contribution in [0.1, 0.15) is 18.1 Å². The zero-order valence-electron chi connectivity index (χ0n) is 15.0. The molecule has 2 aliphatic heterocycles. The van der Waals surface area contributed by atoms with Crippen molar-refractivity contribution in [1.29, 1.82) is 0 Å². The fourth-order valence-corrected chi connectivity index (χ4v) is 3.85. The Morgan fingerprint density at radius 2 is 1.96 bits per heavy atom. The summed E-state index contributed by atoms with van der Waals surface area (Å²) in [7, 11) is 1.52. The molecule has 4 rings (SSSR count). The molecule has 0 fully saturated rings. The smallest absolute Gasteiger partial charge is 0.341 e. The number of hydrogen-bond acceptors (Lipinski definition) is 7. The van der Waals surface area contributed by atoms with Crippen molar-refractivity contribution in [3.05, 3.63) is 67.7 Å². The normalized spacial score (nSPS) is 20.1. The van der Waals surface area contributed by atoms with Gasteiger partial charge in [-0.2, -0.15) is 0 Å². The molecule has 10 heteroatoms. The summed E-state index contributed by atoms with van der Waals surface area (Å²) in [6, 6.07) is 6.68. The largest absolute Gasteiger partial charge is 0.462 e. The number of nitrogens with two attached hydrogens (primary N) is 1. The molecule has 1 aromatic carbocycles. The predicted molar refractivity (Wildman–Crippen MR) is 96.8 cm³/mol. The molecule has 1 amide bonds. The highest BCUT2D eigenvalue weighted by molar-refractivity contribution is 6.18. The highest BCUT2D eigenvalue weighted by atomic mass is 16.5. The second kappa shape index (κ2) is 5.84. The Morgan fingerprint density at radius 3 is 2.68 bits per heavy atom. The van der Waals surface area contributed by atoms with Crippen LogP contribution in [0, 0.1) is 0 Å². The Kier molecular flexibility index (Phi) is 3.67. The lowest BCUT2D eigenvalue weighted by Crippen LogP contribution is -2.51. The molecule has 1 spiro atoms. The van der Waals surface area contributed by atoms with Crippen LogP contribution >= 0.6 is 0 Å². The summed E-state index contributed by atoms with van der Waals surface area (Å²) in [6.45, 7) is 1.62. The number of ether oxygens (including phenoxy) is 2. The average molecular weight is 384 g/mol. The van der Waals surface area contributed by atoms with Gasteiger partial charge in [-0.3, -0.25) is 19.6 Å². The van der Waals surface area contributed by atoms with E-state index in [0.717, 1.165) is 0 Å². The summed E-state index contributed by atoms with van der Waals surface area (Å²) in [6.07, 6.45) is 0. The summed E-state index contributed by atoms with van der Waals surface area (Å²) in [5, 5.41) is 0. The monoisotopic (exact) mass is 384 g/mol. The molecule has 10 nitrogen and oxygen atoms in total. The van der Waals surface area contributed by atoms with Crippen LogP contribution in [0.15, 0.2) is 45.3 Å². The van der Waals surface area contributed by atoms with E-state index in [2.05, 4.69) is 9.97 Å². The molecule has 28 heavy (non-hydrogen) atoms. The third kappa shape index (κ3) is 2.02. The number of carbonyl (C=O) groups excluding carboxylic acids is 2. The standard InChI is InChI=1S/C18H16N4O6/c1-3-27-15(24)10-12(19)28-14-11(13(23)20-17(26)21-14)18(10)8-6-4-5-7-9(8)22(2)16(18)25/h4-7H,3,19H2,1-2H3,(H2,20,21,23,26). The van der Waals surface area contributed by atoms with Gasteiger partial charge in [0.1, 0.15) is 16.6 Å². The van der Waals surface area contributed by atoms with Crippen LogP contribution in [-0.2, 0) is 19.7 Å². The number of amides is 1. The zero-order valence-corrected chi connectivity index (χ0v) is 15.0. The van der Waals surface area contributed by atoms with Gasteiger partial charge in [-0.1, -0.05) is 18.2 Å². The number of likely N-dealkylation sites (N-methyl/N-ethyl adjacent to an activating group) is 1. The van der Waals surface area contributed by atoms with E-state index in [1.54, 1.807) is 31.2 Å². The van der Waals surface area contributed by atoms with Gasteiger partial charge in [0.15, 0.2) is 0 Å². The first-order valence-corrected chi connectivity index (χ1v) is 8.44. The molecule has 2 aromatic rings. The minimum Gasteiger partial charge on any atom is -0.462 e. The fraction of sp³-hybridized carbons (Fsp3) is 0.222. The minimum atomic E-state index is -1.91. The van der Waals surface area contributed by atoms with Gasteiger partial charge in [-0.15, -0.1) is 0 Å². The predicted octanol–water partition coefficient (Wildman–Crippen LogP) is -0.548. The number of rotatable bonds is 2. The number of benzene rings is 1. The van der Waals surface area contributed by atoms with Crippen LogP contribution in [0.25, 0.3) is 0 Å². The van der Waals surface area contributed by atoms with Gasteiger partial charge in [0.05, 0.1) is 6.61 Å². The summed E-state index contributed by atoms with van der Waals surface area (Å²) in [5.41, 5.74) is 2.69. The molecule has 4 N–H and O–H groups in total. The fourth-order valence-electron chi connectivity index (χ4n) is 3.85. The van der Waals surface area contributed by atoms with Crippen molar-refractivity contribution < 1.29 is 19.1 Å². The van der Waals surface area contributed by atoms with Crippen LogP contribution < -0.4 is 26.6 Å². The van der Waals surface area contributed by atoms with Crippen LogP contribution in [0.3, 0.4) is 0 Å². The summed E-state index contributed by atoms with van der Waals surface area (Å²) in [5.74, 6) is -2.21. The van der Waals surface area contributed by atoms with E-state index in [9.17, 15) is 19.2 Å². The van der Waals surface area contributed by atoms with Crippen LogP contribution in [-0.4, -0.2) is 35.5 Å². The van der Waals surface area contributed by atoms with Crippen molar-refractivity contribution in [3.8, 4) is 5.88 Å². The highest BCUT2D eigenvalue weighted by Crippen LogP contribution is 2.53. The molecule has 0 saturated carbocycles. The van der Waals surface area contributed by atoms with E-state index in [0.29, 0.717) is 11.3 Å². The number of aromatic nitrogens is 2. The van der Waals surface area contributed by atoms with E-state index < -0.39 is 34.4 Å². The van der Waals surface area contributed by atoms with Crippen molar-refractivity contribution >= 4 is 17.6 Å². The van der Waals surface area contributed by atoms with Gasteiger partial charge >= 0.3 is 11.7 Å². The number of nitrogens with one attached hydrogen (secondary N) is 2. The number of para-hydroxylation sites is 1. The molecule has 0 aliphatic carbocycles. The maximum absolute atomic E-state index is 13.5. The van der Waals surface area contributed by atoms with Crippen molar-refractivity contribution in [3.63, 3.8) is 0 Å². The number of H-pyrrole nitrogens is 2. The number of esters is 1. The number of aromatic amines is 2. The molecule has 3 heterocycles. The molecule has 1 aromatic heterocycles. The van der Waals surface area contributed by atoms with E-state index in [-0.39, 0.29) is 23.6 Å². The number of hydrogen-bond donors (Lipinski definition) is 3. The molecular formula is C18H16N4O6. The van der Waals surface area contributed by atoms with E-state index >= 15 is 0 Å². The van der Waals surface area contributed by atoms with Gasteiger partial charge in [-0.25, -0.2) is 9.59 Å². The molecule has 1 atom stereocenters. The maximum atomic E-state index is 13.5. The van der Waals surface area contributed by atoms with Gasteiger partial charge in [0.25, 0.3) is 5.56 Å². The Labute approximate surface area is 157 Å². The van der Waals surface area contributed by atoms with Gasteiger partial charge in [0, 0.05) is 18.3 Å². The van der Waals surface area contributed by atoms with E-state index in [1.165, 1.54) is 11.9 Å². The van der Waals surface area contributed by atoms with Crippen LogP contribution in [0.5, 0.6) is 5.88 Å². The number of carbonyl (C=O) groups is 2. The summed E-state index contributed by atoms with van der Waals surface area (Å²) in [4.78, 5) is 56.6. The first-order chi connectivity index (χ1) is 13.3. The van der Waals surface area contributed by atoms with Gasteiger partial charge in [-0.05, 0) is 13.0 Å². The minimum absolute atomic E-state index is 0.0200. The Hall–Kier alpha value is -3.82. The number of fused-ring (bicyclic) bond motifs is 4. The molecule has 0 radical (unpaired) electrons. The topological polar surface area (TPSA) is 148 Å². The average Bonchev–Trinajstić information content (AvgIpc) is 2.84. The second-order valence-corrected chi connectivity index (χ2v) is 6.31. The lowest BCUT2D eigenvalue weighted by Gasteiger charge is -2.34. The first kappa shape index (κ1) is 17.6. The molecule has 144 valence electrons. The van der Waals surface area contributed by atoms with E-state index in [1.807, 2.05) is 0 Å². The Bertz CT molecular complexity index is 1180. The van der Waals surface area contributed by atoms with Crippen molar-refractivity contribution in [1.82, 2.24) is 9.97 Å². The number of nitrogens with zero attached hydrogens (tertiary/aromatic N) is 1. The van der Waals surface area contributed by atoms with Crippen LogP contribution in [0.4, 0.5) is 5.69 Å². The lowest BCUT2D eigenvalue weighted by molar-refractivity contribution is -0.140. The zero-order chi connectivity index (χ0) is 20.2. The highest BCUT2D eigenvalue weighted by Gasteiger charge is 2.62. The number of anilines is 1. The molecule has 2 aliphatic rings. The maximum Gasteiger partial charge on any atom is 0.341 e. The summed E-state index contributed by atoms with van der Waals surface area (Å²) >= 11 is 0. The molecule has 0 saturated heterocycles. The third-order valence-corrected chi connectivity index (χ3v) is 4.89. The molecule has 0 bridgehead atoms. The van der Waals surface area contributed by atoms with Gasteiger partial charge in [0.2, 0.25) is 17.7 Å². The Morgan fingerprint density at radius 1 is 1.25 bits per heavy atom. The Balaban J connectivity index is 2.20. The van der Waals surface area contributed by atoms with Crippen molar-refractivity contribution in [2.75, 3.05) is 18.6 Å². The van der Waals surface area contributed by atoms with Gasteiger partial charge < -0.3 is 20.1 Å². The van der Waals surface area contributed by atoms with Crippen molar-refractivity contribution in [2.24, 2.45) is 5.73 Å². The summed E-state index contributed by atoms with van der Waals surface area (Å²) < 4.78 is 10.5. The lowest BCUT2D eigenvalue weighted by atomic mass is 9.69. The first-order valence-electron chi connectivity index (χ1n) is 8.44. The van der Waals surface area contributed by atoms with Crippen molar-refractivity contribution in [2.45, 2.75) is 12.3 Å². The van der Waals surface area contributed by atoms with Crippen LogP contribution in [0.2, 0.25) is 0 Å². The quantitative estimate of drug-likeness (QED) is 0.589. The molecular weight excluding hydrogens is 368 g/mol. The second-order valence-electron chi connectivity index (χ2n) is 6.31. The molecule has 1 unspecified atom stereocenters. The van der Waals surface area contributed by atoms with E-state index in [4.69, 9.17) is 15.2 Å².